The van der Waals surface area contributed by atoms with Gasteiger partial charge in [-0.05, 0) is 105 Å². The molecule has 0 bridgehead atoms. The molecule has 2 aliphatic carbocycles. The molecule has 0 aliphatic heterocycles. The Kier molecular flexibility index (Phi) is 6.76. The molecule has 2 heteroatoms. The minimum atomic E-state index is -0.370. The SMILES string of the molecule is CC1(C)c2ccccc2-c2ccc(-c3ccc(N(c4ccccc4)c4cccc5oc6c(C7(C)c8ccccc8-c8ccccc87)cccc6c45)cc3)cc21. The largest absolute Gasteiger partial charge is 0.456 e. The fourth-order valence-electron chi connectivity index (χ4n) is 9.84. The standard InChI is InChI=1S/C53H39NO/c1-52(2)43-21-10-7-17-38(43)41-32-29-35(33-47(41)52)34-27-30-37(31-28-34)54(36-15-5-4-6-16-36)48-25-14-26-49-50(48)42-20-13-24-46(51(42)55-49)53(3)44-22-11-8-18-39(44)40-19-9-12-23-45(40)53/h4-33H,1-3H3. The summed E-state index contributed by atoms with van der Waals surface area (Å²) in [5.41, 5.74) is 19.0. The molecule has 1 aromatic heterocycles. The zero-order chi connectivity index (χ0) is 36.9. The van der Waals surface area contributed by atoms with E-state index in [4.69, 9.17) is 4.42 Å². The van der Waals surface area contributed by atoms with E-state index in [1.807, 2.05) is 0 Å². The van der Waals surface area contributed by atoms with Gasteiger partial charge in [-0.25, -0.2) is 0 Å². The third kappa shape index (κ3) is 4.49. The van der Waals surface area contributed by atoms with E-state index in [0.29, 0.717) is 0 Å². The van der Waals surface area contributed by atoms with Gasteiger partial charge in [0.1, 0.15) is 11.2 Å². The van der Waals surface area contributed by atoms with Crippen LogP contribution in [0, 0.1) is 0 Å². The van der Waals surface area contributed by atoms with Gasteiger partial charge in [0.05, 0.1) is 11.1 Å². The van der Waals surface area contributed by atoms with Crippen LogP contribution in [0.3, 0.4) is 0 Å². The van der Waals surface area contributed by atoms with Gasteiger partial charge in [0.15, 0.2) is 0 Å². The lowest BCUT2D eigenvalue weighted by molar-refractivity contribution is 0.638. The van der Waals surface area contributed by atoms with Crippen LogP contribution in [-0.2, 0) is 10.8 Å². The van der Waals surface area contributed by atoms with Crippen molar-refractivity contribution in [2.45, 2.75) is 31.6 Å². The van der Waals surface area contributed by atoms with Gasteiger partial charge in [-0.3, -0.25) is 0 Å². The first-order chi connectivity index (χ1) is 26.9. The quantitative estimate of drug-likeness (QED) is 0.177. The van der Waals surface area contributed by atoms with E-state index in [0.717, 1.165) is 39.0 Å². The number of nitrogens with zero attached hydrogens (tertiary/aromatic N) is 1. The highest BCUT2D eigenvalue weighted by Crippen LogP contribution is 2.55. The number of fused-ring (bicyclic) bond motifs is 9. The van der Waals surface area contributed by atoms with E-state index in [1.165, 1.54) is 61.2 Å². The van der Waals surface area contributed by atoms with Crippen LogP contribution in [0.1, 0.15) is 48.6 Å². The summed E-state index contributed by atoms with van der Waals surface area (Å²) in [5, 5.41) is 2.22. The van der Waals surface area contributed by atoms with Gasteiger partial charge in [-0.1, -0.05) is 153 Å². The molecule has 9 aromatic rings. The van der Waals surface area contributed by atoms with Gasteiger partial charge in [0.2, 0.25) is 0 Å². The third-order valence-corrected chi connectivity index (χ3v) is 12.6. The van der Waals surface area contributed by atoms with Crippen molar-refractivity contribution in [3.05, 3.63) is 210 Å². The van der Waals surface area contributed by atoms with Crippen molar-refractivity contribution >= 4 is 39.0 Å². The molecular weight excluding hydrogens is 667 g/mol. The minimum absolute atomic E-state index is 0.0418. The molecule has 0 amide bonds. The fourth-order valence-corrected chi connectivity index (χ4v) is 9.84. The van der Waals surface area contributed by atoms with Gasteiger partial charge in [0.25, 0.3) is 0 Å². The van der Waals surface area contributed by atoms with Crippen molar-refractivity contribution in [2.24, 2.45) is 0 Å². The second kappa shape index (κ2) is 11.7. The smallest absolute Gasteiger partial charge is 0.139 e. The number of anilines is 3. The van der Waals surface area contributed by atoms with Crippen molar-refractivity contribution in [3.63, 3.8) is 0 Å². The van der Waals surface area contributed by atoms with Gasteiger partial charge < -0.3 is 9.32 Å². The van der Waals surface area contributed by atoms with E-state index < -0.39 is 0 Å². The molecule has 8 aromatic carbocycles. The first-order valence-corrected chi connectivity index (χ1v) is 19.3. The molecule has 0 spiro atoms. The predicted molar refractivity (Wildman–Crippen MR) is 229 cm³/mol. The average Bonchev–Trinajstić information content (AvgIpc) is 3.83. The molecule has 0 radical (unpaired) electrons. The van der Waals surface area contributed by atoms with E-state index in [-0.39, 0.29) is 10.8 Å². The normalized spacial score (nSPS) is 14.4. The number of rotatable bonds is 5. The summed E-state index contributed by atoms with van der Waals surface area (Å²) in [6.07, 6.45) is 0. The molecule has 0 atom stereocenters. The Labute approximate surface area is 322 Å². The summed E-state index contributed by atoms with van der Waals surface area (Å²) in [4.78, 5) is 2.37. The number of hydrogen-bond donors (Lipinski definition) is 0. The Morgan fingerprint density at radius 2 is 0.964 bits per heavy atom. The Hall–Kier alpha value is -6.64. The Bertz CT molecular complexity index is 2920. The van der Waals surface area contributed by atoms with Crippen LogP contribution in [-0.4, -0.2) is 0 Å². The number of para-hydroxylation sites is 2. The maximum absolute atomic E-state index is 6.98. The molecule has 11 rings (SSSR count). The van der Waals surface area contributed by atoms with Crippen LogP contribution in [0.2, 0.25) is 0 Å². The van der Waals surface area contributed by atoms with Crippen LogP contribution < -0.4 is 4.90 Å². The maximum atomic E-state index is 6.98. The Balaban J connectivity index is 1.05. The lowest BCUT2D eigenvalue weighted by atomic mass is 9.74. The molecule has 0 saturated heterocycles. The first kappa shape index (κ1) is 31.8. The highest BCUT2D eigenvalue weighted by molar-refractivity contribution is 6.14. The van der Waals surface area contributed by atoms with Gasteiger partial charge in [-0.15, -0.1) is 0 Å². The number of hydrogen-bond acceptors (Lipinski definition) is 2. The molecule has 0 N–H and O–H groups in total. The predicted octanol–water partition coefficient (Wildman–Crippen LogP) is 14.4. The van der Waals surface area contributed by atoms with Crippen molar-refractivity contribution in [1.82, 2.24) is 0 Å². The highest BCUT2D eigenvalue weighted by atomic mass is 16.3. The highest BCUT2D eigenvalue weighted by Gasteiger charge is 2.42. The van der Waals surface area contributed by atoms with Gasteiger partial charge in [-0.2, -0.15) is 0 Å². The molecule has 1 heterocycles. The maximum Gasteiger partial charge on any atom is 0.139 e. The molecule has 0 saturated carbocycles. The topological polar surface area (TPSA) is 16.4 Å². The average molecular weight is 706 g/mol. The molecule has 0 fully saturated rings. The monoisotopic (exact) mass is 705 g/mol. The molecule has 2 aliphatic rings. The molecule has 2 nitrogen and oxygen atoms in total. The van der Waals surface area contributed by atoms with E-state index in [2.05, 4.69) is 208 Å². The number of furan rings is 1. The molecule has 262 valence electrons. The van der Waals surface area contributed by atoms with Crippen molar-refractivity contribution in [1.29, 1.82) is 0 Å². The van der Waals surface area contributed by atoms with Crippen molar-refractivity contribution in [2.75, 3.05) is 4.90 Å². The van der Waals surface area contributed by atoms with E-state index >= 15 is 0 Å². The molecular formula is C53H39NO. The van der Waals surface area contributed by atoms with Crippen molar-refractivity contribution < 1.29 is 4.42 Å². The zero-order valence-electron chi connectivity index (χ0n) is 31.2. The van der Waals surface area contributed by atoms with Crippen LogP contribution in [0.5, 0.6) is 0 Å². The van der Waals surface area contributed by atoms with Crippen molar-refractivity contribution in [3.8, 4) is 33.4 Å². The van der Waals surface area contributed by atoms with Crippen LogP contribution in [0.15, 0.2) is 186 Å². The van der Waals surface area contributed by atoms with Crippen LogP contribution >= 0.6 is 0 Å². The summed E-state index contributed by atoms with van der Waals surface area (Å²) in [6, 6.07) is 66.4. The first-order valence-electron chi connectivity index (χ1n) is 19.3. The second-order valence-electron chi connectivity index (χ2n) is 15.8. The summed E-state index contributed by atoms with van der Waals surface area (Å²) >= 11 is 0. The fraction of sp³-hybridized carbons (Fsp3) is 0.0943. The Morgan fingerprint density at radius 3 is 1.67 bits per heavy atom. The molecule has 55 heavy (non-hydrogen) atoms. The van der Waals surface area contributed by atoms with Crippen LogP contribution in [0.4, 0.5) is 17.1 Å². The summed E-state index contributed by atoms with van der Waals surface area (Å²) < 4.78 is 6.98. The zero-order valence-corrected chi connectivity index (χ0v) is 31.2. The van der Waals surface area contributed by atoms with Gasteiger partial charge >= 0.3 is 0 Å². The second-order valence-corrected chi connectivity index (χ2v) is 15.8. The van der Waals surface area contributed by atoms with E-state index in [1.54, 1.807) is 0 Å². The minimum Gasteiger partial charge on any atom is -0.456 e. The van der Waals surface area contributed by atoms with Crippen LogP contribution in [0.25, 0.3) is 55.3 Å². The number of benzene rings is 8. The summed E-state index contributed by atoms with van der Waals surface area (Å²) in [7, 11) is 0. The van der Waals surface area contributed by atoms with E-state index in [9.17, 15) is 0 Å². The lowest BCUT2D eigenvalue weighted by Gasteiger charge is -2.28. The third-order valence-electron chi connectivity index (χ3n) is 12.6. The lowest BCUT2D eigenvalue weighted by Crippen LogP contribution is -2.22. The molecule has 0 unspecified atom stereocenters. The summed E-state index contributed by atoms with van der Waals surface area (Å²) in [6.45, 7) is 7.05. The van der Waals surface area contributed by atoms with Gasteiger partial charge in [0, 0.05) is 33.2 Å². The summed E-state index contributed by atoms with van der Waals surface area (Å²) in [5.74, 6) is 0. The Morgan fingerprint density at radius 1 is 0.418 bits per heavy atom.